The van der Waals surface area contributed by atoms with Gasteiger partial charge in [-0.15, -0.1) is 0 Å². The summed E-state index contributed by atoms with van der Waals surface area (Å²) >= 11 is 0. The Balaban J connectivity index is 2.64. The van der Waals surface area contributed by atoms with Crippen molar-refractivity contribution < 1.29 is 18.3 Å². The van der Waals surface area contributed by atoms with Gasteiger partial charge in [0.25, 0.3) is 0 Å². The second-order valence-electron chi connectivity index (χ2n) is 3.36. The van der Waals surface area contributed by atoms with Gasteiger partial charge in [-0.25, -0.2) is 0 Å². The third kappa shape index (κ3) is 3.11. The van der Waals surface area contributed by atoms with Gasteiger partial charge in [0.05, 0.1) is 6.61 Å². The summed E-state index contributed by atoms with van der Waals surface area (Å²) in [5, 5.41) is 11.6. The highest BCUT2D eigenvalue weighted by atomic mass is 19.4. The number of aliphatic hydroxyl groups excluding tert-OH is 1. The molecule has 1 unspecified atom stereocenters. The van der Waals surface area contributed by atoms with Crippen LogP contribution in [0, 0.1) is 0 Å². The lowest BCUT2D eigenvalue weighted by Gasteiger charge is -2.30. The van der Waals surface area contributed by atoms with Gasteiger partial charge in [0, 0.05) is 19.6 Å². The Morgan fingerprint density at radius 1 is 1.36 bits per heavy atom. The number of halogens is 3. The molecule has 0 bridgehead atoms. The Labute approximate surface area is 80.9 Å². The molecule has 1 rings (SSSR count). The molecule has 1 heterocycles. The van der Waals surface area contributed by atoms with Crippen LogP contribution < -0.4 is 5.32 Å². The molecule has 0 aromatic carbocycles. The monoisotopic (exact) mass is 212 g/mol. The van der Waals surface area contributed by atoms with Crippen LogP contribution in [0.5, 0.6) is 0 Å². The molecular formula is C8H15F3N2O. The lowest BCUT2D eigenvalue weighted by molar-refractivity contribution is -0.184. The van der Waals surface area contributed by atoms with E-state index in [1.807, 2.05) is 0 Å². The van der Waals surface area contributed by atoms with Crippen molar-refractivity contribution in [1.82, 2.24) is 10.2 Å². The standard InChI is InChI=1S/C8H15F3N2O/c9-8(10,11)7-1-2-12-3-4-13(7)5-6-14/h7,12,14H,1-6H2. The van der Waals surface area contributed by atoms with Gasteiger partial charge in [-0.05, 0) is 13.0 Å². The Kier molecular flexibility index (Phi) is 4.15. The zero-order valence-electron chi connectivity index (χ0n) is 7.85. The number of nitrogens with one attached hydrogen (secondary N) is 1. The van der Waals surface area contributed by atoms with Crippen molar-refractivity contribution in [3.63, 3.8) is 0 Å². The fraction of sp³-hybridized carbons (Fsp3) is 1.00. The zero-order chi connectivity index (χ0) is 10.6. The van der Waals surface area contributed by atoms with Crippen LogP contribution >= 0.6 is 0 Å². The molecule has 1 aliphatic rings. The van der Waals surface area contributed by atoms with E-state index in [1.54, 1.807) is 0 Å². The van der Waals surface area contributed by atoms with Gasteiger partial charge in [-0.3, -0.25) is 4.90 Å². The van der Waals surface area contributed by atoms with Crippen LogP contribution in [0.25, 0.3) is 0 Å². The molecular weight excluding hydrogens is 197 g/mol. The van der Waals surface area contributed by atoms with Crippen LogP contribution in [-0.2, 0) is 0 Å². The molecule has 1 aliphatic heterocycles. The van der Waals surface area contributed by atoms with Crippen molar-refractivity contribution in [2.75, 3.05) is 32.8 Å². The lowest BCUT2D eigenvalue weighted by atomic mass is 10.1. The fourth-order valence-electron chi connectivity index (χ4n) is 1.69. The van der Waals surface area contributed by atoms with Gasteiger partial charge < -0.3 is 10.4 Å². The second-order valence-corrected chi connectivity index (χ2v) is 3.36. The average molecular weight is 212 g/mol. The minimum Gasteiger partial charge on any atom is -0.395 e. The van der Waals surface area contributed by atoms with E-state index in [9.17, 15) is 13.2 Å². The maximum absolute atomic E-state index is 12.5. The third-order valence-corrected chi connectivity index (χ3v) is 2.38. The molecule has 1 fully saturated rings. The minimum absolute atomic E-state index is 0.0590. The molecule has 0 amide bonds. The van der Waals surface area contributed by atoms with E-state index in [-0.39, 0.29) is 19.6 Å². The van der Waals surface area contributed by atoms with E-state index >= 15 is 0 Å². The first kappa shape index (κ1) is 11.7. The van der Waals surface area contributed by atoms with Gasteiger partial charge in [-0.2, -0.15) is 13.2 Å². The molecule has 0 aliphatic carbocycles. The van der Waals surface area contributed by atoms with Gasteiger partial charge >= 0.3 is 6.18 Å². The van der Waals surface area contributed by atoms with Gasteiger partial charge in [0.2, 0.25) is 0 Å². The summed E-state index contributed by atoms with van der Waals surface area (Å²) in [6.07, 6.45) is -4.13. The van der Waals surface area contributed by atoms with Crippen LogP contribution in [0.3, 0.4) is 0 Å². The molecule has 14 heavy (non-hydrogen) atoms. The molecule has 6 heteroatoms. The van der Waals surface area contributed by atoms with Crippen LogP contribution in [0.15, 0.2) is 0 Å². The van der Waals surface area contributed by atoms with Gasteiger partial charge in [0.1, 0.15) is 6.04 Å². The van der Waals surface area contributed by atoms with Gasteiger partial charge in [0.15, 0.2) is 0 Å². The number of alkyl halides is 3. The van der Waals surface area contributed by atoms with E-state index in [2.05, 4.69) is 5.32 Å². The molecule has 1 saturated heterocycles. The van der Waals surface area contributed by atoms with Crippen LogP contribution in [-0.4, -0.2) is 55.0 Å². The predicted octanol–water partition coefficient (Wildman–Crippen LogP) is 0.205. The van der Waals surface area contributed by atoms with Crippen LogP contribution in [0.1, 0.15) is 6.42 Å². The number of nitrogens with zero attached hydrogens (tertiary/aromatic N) is 1. The minimum atomic E-state index is -4.19. The lowest BCUT2D eigenvalue weighted by Crippen LogP contribution is -2.47. The van der Waals surface area contributed by atoms with Crippen molar-refractivity contribution in [2.45, 2.75) is 18.6 Å². The van der Waals surface area contributed by atoms with Crippen LogP contribution in [0.4, 0.5) is 13.2 Å². The summed E-state index contributed by atoms with van der Waals surface area (Å²) in [7, 11) is 0. The first-order valence-electron chi connectivity index (χ1n) is 4.68. The zero-order valence-corrected chi connectivity index (χ0v) is 7.85. The van der Waals surface area contributed by atoms with Crippen molar-refractivity contribution in [2.24, 2.45) is 0 Å². The van der Waals surface area contributed by atoms with Crippen molar-refractivity contribution in [3.05, 3.63) is 0 Å². The highest BCUT2D eigenvalue weighted by molar-refractivity contribution is 4.82. The molecule has 0 radical (unpaired) electrons. The second kappa shape index (κ2) is 4.95. The SMILES string of the molecule is OCCN1CCNCCC1C(F)(F)F. The normalized spacial score (nSPS) is 26.1. The third-order valence-electron chi connectivity index (χ3n) is 2.38. The molecule has 1 atom stereocenters. The van der Waals surface area contributed by atoms with Gasteiger partial charge in [-0.1, -0.05) is 0 Å². The van der Waals surface area contributed by atoms with E-state index in [0.717, 1.165) is 0 Å². The number of rotatable bonds is 2. The smallest absolute Gasteiger partial charge is 0.395 e. The quantitative estimate of drug-likeness (QED) is 0.686. The Morgan fingerprint density at radius 3 is 2.64 bits per heavy atom. The average Bonchev–Trinajstić information content (AvgIpc) is 2.29. The van der Waals surface area contributed by atoms with Crippen LogP contribution in [0.2, 0.25) is 0 Å². The summed E-state index contributed by atoms with van der Waals surface area (Å²) in [6.45, 7) is 1.13. The van der Waals surface area contributed by atoms with Crippen molar-refractivity contribution >= 4 is 0 Å². The summed E-state index contributed by atoms with van der Waals surface area (Å²) in [5.74, 6) is 0. The molecule has 0 aromatic rings. The number of hydrogen-bond acceptors (Lipinski definition) is 3. The Bertz CT molecular complexity index is 174. The van der Waals surface area contributed by atoms with E-state index in [1.165, 1.54) is 4.90 Å². The predicted molar refractivity (Wildman–Crippen MR) is 46.0 cm³/mol. The molecule has 0 aromatic heterocycles. The molecule has 0 spiro atoms. The molecule has 84 valence electrons. The molecule has 3 nitrogen and oxygen atoms in total. The van der Waals surface area contributed by atoms with Crippen molar-refractivity contribution in [1.29, 1.82) is 0 Å². The summed E-state index contributed by atoms with van der Waals surface area (Å²) < 4.78 is 37.6. The van der Waals surface area contributed by atoms with E-state index < -0.39 is 12.2 Å². The molecule has 0 saturated carbocycles. The summed E-state index contributed by atoms with van der Waals surface area (Å²) in [5.41, 5.74) is 0. The number of β-amino-alcohol motifs (C(OH)–C–C–N with tert-alkyl or cyclic N) is 1. The first-order valence-corrected chi connectivity index (χ1v) is 4.68. The van der Waals surface area contributed by atoms with E-state index in [4.69, 9.17) is 5.11 Å². The Hall–Kier alpha value is -0.330. The molecule has 2 N–H and O–H groups in total. The maximum atomic E-state index is 12.5. The summed E-state index contributed by atoms with van der Waals surface area (Å²) in [4.78, 5) is 1.29. The maximum Gasteiger partial charge on any atom is 0.404 e. The Morgan fingerprint density at radius 2 is 2.07 bits per heavy atom. The van der Waals surface area contributed by atoms with Crippen molar-refractivity contribution in [3.8, 4) is 0 Å². The highest BCUT2D eigenvalue weighted by Crippen LogP contribution is 2.27. The fourth-order valence-corrected chi connectivity index (χ4v) is 1.69. The summed E-state index contributed by atoms with van der Waals surface area (Å²) in [6, 6.07) is -1.41. The number of aliphatic hydroxyl groups is 1. The first-order chi connectivity index (χ1) is 6.55. The largest absolute Gasteiger partial charge is 0.404 e. The topological polar surface area (TPSA) is 35.5 Å². The highest BCUT2D eigenvalue weighted by Gasteiger charge is 2.43. The number of hydrogen-bond donors (Lipinski definition) is 2. The van der Waals surface area contributed by atoms with E-state index in [0.29, 0.717) is 19.6 Å².